The van der Waals surface area contributed by atoms with Gasteiger partial charge in [-0.1, -0.05) is 30.3 Å². The predicted molar refractivity (Wildman–Crippen MR) is 98.2 cm³/mol. The maximum absolute atomic E-state index is 4.94. The highest BCUT2D eigenvalue weighted by molar-refractivity contribution is 6.06. The van der Waals surface area contributed by atoms with Crippen molar-refractivity contribution in [3.8, 4) is 0 Å². The summed E-state index contributed by atoms with van der Waals surface area (Å²) < 4.78 is 2.35. The van der Waals surface area contributed by atoms with Gasteiger partial charge in [-0.2, -0.15) is 0 Å². The molecule has 0 amide bonds. The molecular weight excluding hydrogens is 296 g/mol. The van der Waals surface area contributed by atoms with Crippen molar-refractivity contribution in [2.75, 3.05) is 19.6 Å². The first-order valence-corrected chi connectivity index (χ1v) is 8.76. The zero-order valence-corrected chi connectivity index (χ0v) is 13.7. The molecule has 4 nitrogen and oxygen atoms in total. The van der Waals surface area contributed by atoms with Crippen LogP contribution in [0.5, 0.6) is 0 Å². The van der Waals surface area contributed by atoms with Crippen LogP contribution in [0.25, 0.3) is 33.1 Å². The molecule has 1 aliphatic rings. The maximum atomic E-state index is 4.94. The van der Waals surface area contributed by atoms with Gasteiger partial charge in [0.1, 0.15) is 5.52 Å². The maximum Gasteiger partial charge on any atom is 0.160 e. The number of aromatic nitrogens is 3. The minimum atomic E-state index is 0.965. The zero-order chi connectivity index (χ0) is 15.9. The summed E-state index contributed by atoms with van der Waals surface area (Å²) in [4.78, 5) is 12.4. The fourth-order valence-electron chi connectivity index (χ4n) is 3.86. The van der Waals surface area contributed by atoms with Crippen molar-refractivity contribution in [1.29, 1.82) is 0 Å². The van der Waals surface area contributed by atoms with E-state index in [1.807, 2.05) is 24.3 Å². The lowest BCUT2D eigenvalue weighted by Gasteiger charge is -2.15. The summed E-state index contributed by atoms with van der Waals surface area (Å²) in [5, 5.41) is 1.20. The van der Waals surface area contributed by atoms with Crippen molar-refractivity contribution >= 4 is 33.1 Å². The van der Waals surface area contributed by atoms with Crippen molar-refractivity contribution in [1.82, 2.24) is 19.4 Å². The zero-order valence-electron chi connectivity index (χ0n) is 13.7. The van der Waals surface area contributed by atoms with Gasteiger partial charge >= 0.3 is 0 Å². The van der Waals surface area contributed by atoms with Crippen molar-refractivity contribution < 1.29 is 0 Å². The SMILES string of the molecule is c1ccc2nc3c(nc2c1)c1ccccc1n3CCN1CCCC1. The van der Waals surface area contributed by atoms with E-state index in [1.54, 1.807) is 0 Å². The lowest BCUT2D eigenvalue weighted by atomic mass is 10.2. The second-order valence-electron chi connectivity index (χ2n) is 6.60. The van der Waals surface area contributed by atoms with Gasteiger partial charge in [-0.25, -0.2) is 9.97 Å². The molecule has 5 rings (SSSR count). The van der Waals surface area contributed by atoms with E-state index < -0.39 is 0 Å². The van der Waals surface area contributed by atoms with Crippen LogP contribution in [0.2, 0.25) is 0 Å². The summed E-state index contributed by atoms with van der Waals surface area (Å²) >= 11 is 0. The van der Waals surface area contributed by atoms with E-state index in [0.29, 0.717) is 0 Å². The summed E-state index contributed by atoms with van der Waals surface area (Å²) in [5.74, 6) is 0. The first-order chi connectivity index (χ1) is 11.9. The Labute approximate surface area is 140 Å². The number of benzene rings is 2. The molecule has 0 aliphatic carbocycles. The Morgan fingerprint density at radius 2 is 1.50 bits per heavy atom. The third-order valence-electron chi connectivity index (χ3n) is 5.10. The van der Waals surface area contributed by atoms with Crippen LogP contribution in [0.4, 0.5) is 0 Å². The molecule has 2 aromatic heterocycles. The van der Waals surface area contributed by atoms with Crippen LogP contribution in [0.3, 0.4) is 0 Å². The molecule has 0 unspecified atom stereocenters. The largest absolute Gasteiger partial charge is 0.323 e. The highest BCUT2D eigenvalue weighted by Crippen LogP contribution is 2.28. The van der Waals surface area contributed by atoms with Gasteiger partial charge in [-0.3, -0.25) is 0 Å². The number of nitrogens with zero attached hydrogens (tertiary/aromatic N) is 4. The van der Waals surface area contributed by atoms with Gasteiger partial charge in [0, 0.05) is 18.5 Å². The molecule has 0 saturated carbocycles. The van der Waals surface area contributed by atoms with Gasteiger partial charge in [-0.15, -0.1) is 0 Å². The van der Waals surface area contributed by atoms with Gasteiger partial charge < -0.3 is 9.47 Å². The molecule has 0 atom stereocenters. The third-order valence-corrected chi connectivity index (χ3v) is 5.10. The van der Waals surface area contributed by atoms with E-state index in [1.165, 1.54) is 36.8 Å². The Kier molecular flexibility index (Phi) is 3.23. The van der Waals surface area contributed by atoms with E-state index in [2.05, 4.69) is 33.7 Å². The van der Waals surface area contributed by atoms with E-state index in [0.717, 1.165) is 35.3 Å². The monoisotopic (exact) mass is 316 g/mol. The van der Waals surface area contributed by atoms with Crippen LogP contribution in [0, 0.1) is 0 Å². The predicted octanol–water partition coefficient (Wildman–Crippen LogP) is 3.83. The number of hydrogen-bond donors (Lipinski definition) is 0. The average molecular weight is 316 g/mol. The van der Waals surface area contributed by atoms with Crippen molar-refractivity contribution in [3.63, 3.8) is 0 Å². The molecule has 0 radical (unpaired) electrons. The van der Waals surface area contributed by atoms with Gasteiger partial charge in [0.25, 0.3) is 0 Å². The molecule has 1 aliphatic heterocycles. The number of likely N-dealkylation sites (tertiary alicyclic amines) is 1. The van der Waals surface area contributed by atoms with Gasteiger partial charge in [-0.05, 0) is 44.1 Å². The molecule has 1 fully saturated rings. The Bertz CT molecular complexity index is 1030. The smallest absolute Gasteiger partial charge is 0.160 e. The fourth-order valence-corrected chi connectivity index (χ4v) is 3.86. The summed E-state index contributed by atoms with van der Waals surface area (Å²) in [6.45, 7) is 4.51. The topological polar surface area (TPSA) is 34.0 Å². The highest BCUT2D eigenvalue weighted by Gasteiger charge is 2.16. The quantitative estimate of drug-likeness (QED) is 0.576. The second kappa shape index (κ2) is 5.56. The standard InChI is InChI=1S/C20H20N4/c1-4-10-18-15(7-1)19-20(22-17-9-3-2-8-16(17)21-19)24(18)14-13-23-11-5-6-12-23/h1-4,7-10H,5-6,11-14H2. The number of hydrogen-bond acceptors (Lipinski definition) is 3. The van der Waals surface area contributed by atoms with E-state index >= 15 is 0 Å². The van der Waals surface area contributed by atoms with Crippen molar-refractivity contribution in [2.24, 2.45) is 0 Å². The molecule has 0 bridgehead atoms. The van der Waals surface area contributed by atoms with Gasteiger partial charge in [0.05, 0.1) is 16.6 Å². The molecule has 2 aromatic carbocycles. The minimum Gasteiger partial charge on any atom is -0.323 e. The summed E-state index contributed by atoms with van der Waals surface area (Å²) in [5.41, 5.74) is 5.20. The van der Waals surface area contributed by atoms with Crippen molar-refractivity contribution in [2.45, 2.75) is 19.4 Å². The molecule has 0 spiro atoms. The Balaban J connectivity index is 1.70. The average Bonchev–Trinajstić information content (AvgIpc) is 3.24. The molecule has 3 heterocycles. The molecule has 4 aromatic rings. The normalized spacial score (nSPS) is 15.8. The lowest BCUT2D eigenvalue weighted by molar-refractivity contribution is 0.326. The van der Waals surface area contributed by atoms with Crippen LogP contribution in [-0.4, -0.2) is 39.1 Å². The van der Waals surface area contributed by atoms with Crippen LogP contribution in [0.1, 0.15) is 12.8 Å². The number of para-hydroxylation sites is 3. The summed E-state index contributed by atoms with van der Waals surface area (Å²) in [7, 11) is 0. The van der Waals surface area contributed by atoms with E-state index in [4.69, 9.17) is 9.97 Å². The second-order valence-corrected chi connectivity index (χ2v) is 6.60. The van der Waals surface area contributed by atoms with Gasteiger partial charge in [0.15, 0.2) is 5.65 Å². The molecule has 24 heavy (non-hydrogen) atoms. The number of fused-ring (bicyclic) bond motifs is 4. The molecule has 1 saturated heterocycles. The summed E-state index contributed by atoms with van der Waals surface area (Å²) in [6, 6.07) is 16.7. The van der Waals surface area contributed by atoms with Crippen LogP contribution >= 0.6 is 0 Å². The Hall–Kier alpha value is -2.46. The first-order valence-electron chi connectivity index (χ1n) is 8.76. The lowest BCUT2D eigenvalue weighted by Crippen LogP contribution is -2.24. The fraction of sp³-hybridized carbons (Fsp3) is 0.300. The third kappa shape index (κ3) is 2.18. The van der Waals surface area contributed by atoms with Crippen molar-refractivity contribution in [3.05, 3.63) is 48.5 Å². The summed E-state index contributed by atoms with van der Waals surface area (Å²) in [6.07, 6.45) is 2.66. The molecule has 120 valence electrons. The van der Waals surface area contributed by atoms with E-state index in [9.17, 15) is 0 Å². The van der Waals surface area contributed by atoms with Crippen LogP contribution in [0.15, 0.2) is 48.5 Å². The highest BCUT2D eigenvalue weighted by atomic mass is 15.2. The molecule has 0 N–H and O–H groups in total. The minimum absolute atomic E-state index is 0.965. The van der Waals surface area contributed by atoms with Gasteiger partial charge in [0.2, 0.25) is 0 Å². The first kappa shape index (κ1) is 13.9. The Morgan fingerprint density at radius 3 is 2.33 bits per heavy atom. The molecular formula is C20H20N4. The molecule has 4 heteroatoms. The Morgan fingerprint density at radius 1 is 0.792 bits per heavy atom. The van der Waals surface area contributed by atoms with E-state index in [-0.39, 0.29) is 0 Å². The van der Waals surface area contributed by atoms with Crippen LogP contribution in [-0.2, 0) is 6.54 Å². The van der Waals surface area contributed by atoms with Crippen LogP contribution < -0.4 is 0 Å². The number of rotatable bonds is 3.